The molecule has 110 valence electrons. The summed E-state index contributed by atoms with van der Waals surface area (Å²) in [6, 6.07) is 2.83. The zero-order valence-corrected chi connectivity index (χ0v) is 12.7. The van der Waals surface area contributed by atoms with Crippen LogP contribution in [0, 0.1) is 10.1 Å². The molecule has 1 aromatic heterocycles. The van der Waals surface area contributed by atoms with Gasteiger partial charge in [0.1, 0.15) is 6.61 Å². The molecule has 21 heavy (non-hydrogen) atoms. The highest BCUT2D eigenvalue weighted by molar-refractivity contribution is 9.10. The predicted molar refractivity (Wildman–Crippen MR) is 78.5 cm³/mol. The molecule has 0 unspecified atom stereocenters. The number of nitro benzene ring substituents is 1. The molecule has 0 saturated carbocycles. The largest absolute Gasteiger partial charge is 0.484 e. The van der Waals surface area contributed by atoms with E-state index in [0.29, 0.717) is 11.0 Å². The molecule has 7 nitrogen and oxygen atoms in total. The zero-order valence-electron chi connectivity index (χ0n) is 11.2. The van der Waals surface area contributed by atoms with Gasteiger partial charge in [-0.2, -0.15) is 0 Å². The van der Waals surface area contributed by atoms with Crippen molar-refractivity contribution in [1.29, 1.82) is 0 Å². The Morgan fingerprint density at radius 3 is 2.86 bits per heavy atom. The molecule has 1 heterocycles. The standard InChI is InChI=1S/C13H12BrN3O4/c1-9(18)11-6-10(14)7-12(17(19)20)13(11)21-5-4-16-3-2-15-8-16/h2-3,6-8H,4-5H2,1H3. The Kier molecular flexibility index (Phi) is 4.69. The summed E-state index contributed by atoms with van der Waals surface area (Å²) in [5.74, 6) is -0.298. The van der Waals surface area contributed by atoms with Crippen molar-refractivity contribution >= 4 is 27.4 Å². The first kappa shape index (κ1) is 15.2. The van der Waals surface area contributed by atoms with E-state index in [1.165, 1.54) is 19.1 Å². The van der Waals surface area contributed by atoms with Gasteiger partial charge in [0.15, 0.2) is 5.78 Å². The number of imidazole rings is 1. The fourth-order valence-electron chi connectivity index (χ4n) is 1.80. The van der Waals surface area contributed by atoms with Gasteiger partial charge in [0.05, 0.1) is 23.4 Å². The van der Waals surface area contributed by atoms with Crippen LogP contribution in [0.3, 0.4) is 0 Å². The van der Waals surface area contributed by atoms with Crippen molar-refractivity contribution in [3.05, 3.63) is 51.0 Å². The van der Waals surface area contributed by atoms with Crippen molar-refractivity contribution in [3.63, 3.8) is 0 Å². The normalized spacial score (nSPS) is 10.4. The molecule has 2 aromatic rings. The Morgan fingerprint density at radius 1 is 1.52 bits per heavy atom. The Labute approximate surface area is 128 Å². The summed E-state index contributed by atoms with van der Waals surface area (Å²) in [7, 11) is 0. The molecule has 0 radical (unpaired) electrons. The fraction of sp³-hybridized carbons (Fsp3) is 0.231. The topological polar surface area (TPSA) is 87.3 Å². The minimum atomic E-state index is -0.566. The van der Waals surface area contributed by atoms with E-state index in [1.54, 1.807) is 23.3 Å². The van der Waals surface area contributed by atoms with Gasteiger partial charge in [-0.05, 0) is 13.0 Å². The second-order valence-electron chi connectivity index (χ2n) is 4.26. The van der Waals surface area contributed by atoms with Crippen molar-refractivity contribution in [1.82, 2.24) is 9.55 Å². The minimum Gasteiger partial charge on any atom is -0.484 e. The van der Waals surface area contributed by atoms with Crippen LogP contribution in [0.4, 0.5) is 5.69 Å². The van der Waals surface area contributed by atoms with Gasteiger partial charge in [-0.25, -0.2) is 4.98 Å². The summed E-state index contributed by atoms with van der Waals surface area (Å²) in [6.45, 7) is 2.01. The van der Waals surface area contributed by atoms with Crippen molar-refractivity contribution in [2.75, 3.05) is 6.61 Å². The highest BCUT2D eigenvalue weighted by atomic mass is 79.9. The highest BCUT2D eigenvalue weighted by Gasteiger charge is 2.23. The third kappa shape index (κ3) is 3.66. The molecule has 0 bridgehead atoms. The molecule has 0 amide bonds. The number of carbonyl (C=O) groups excluding carboxylic acids is 1. The van der Waals surface area contributed by atoms with E-state index in [9.17, 15) is 14.9 Å². The van der Waals surface area contributed by atoms with Gasteiger partial charge in [-0.1, -0.05) is 15.9 Å². The van der Waals surface area contributed by atoms with E-state index < -0.39 is 4.92 Å². The van der Waals surface area contributed by atoms with Gasteiger partial charge in [0.25, 0.3) is 0 Å². The number of nitrogens with zero attached hydrogens (tertiary/aromatic N) is 3. The van der Waals surface area contributed by atoms with Gasteiger partial charge >= 0.3 is 5.69 Å². The lowest BCUT2D eigenvalue weighted by Crippen LogP contribution is -2.10. The van der Waals surface area contributed by atoms with Crippen LogP contribution >= 0.6 is 15.9 Å². The number of ketones is 1. The smallest absolute Gasteiger partial charge is 0.312 e. The van der Waals surface area contributed by atoms with Crippen LogP contribution in [0.5, 0.6) is 5.75 Å². The number of rotatable bonds is 6. The number of nitro groups is 1. The number of Topliss-reactive ketones (excluding diaryl/α,β-unsaturated/α-hetero) is 1. The third-order valence-electron chi connectivity index (χ3n) is 2.77. The van der Waals surface area contributed by atoms with Gasteiger partial charge in [0, 0.05) is 22.9 Å². The first-order chi connectivity index (χ1) is 9.99. The predicted octanol–water partition coefficient (Wildman–Crippen LogP) is 2.84. The molecule has 0 aliphatic heterocycles. The quantitative estimate of drug-likeness (QED) is 0.452. The lowest BCUT2D eigenvalue weighted by Gasteiger charge is -2.11. The molecule has 0 saturated heterocycles. The molecule has 8 heteroatoms. The number of hydrogen-bond acceptors (Lipinski definition) is 5. The second-order valence-corrected chi connectivity index (χ2v) is 5.18. The number of carbonyl (C=O) groups is 1. The van der Waals surface area contributed by atoms with Crippen LogP contribution in [0.15, 0.2) is 35.3 Å². The maximum absolute atomic E-state index is 11.6. The fourth-order valence-corrected chi connectivity index (χ4v) is 2.25. The van der Waals surface area contributed by atoms with E-state index in [2.05, 4.69) is 20.9 Å². The monoisotopic (exact) mass is 353 g/mol. The SMILES string of the molecule is CC(=O)c1cc(Br)cc([N+](=O)[O-])c1OCCn1ccnc1. The van der Waals surface area contributed by atoms with Crippen molar-refractivity contribution in [2.24, 2.45) is 0 Å². The van der Waals surface area contributed by atoms with Gasteiger partial charge in [0.2, 0.25) is 5.75 Å². The summed E-state index contributed by atoms with van der Waals surface area (Å²) >= 11 is 3.16. The van der Waals surface area contributed by atoms with Crippen LogP contribution in [0.1, 0.15) is 17.3 Å². The average molecular weight is 354 g/mol. The van der Waals surface area contributed by atoms with Crippen molar-refractivity contribution in [2.45, 2.75) is 13.5 Å². The first-order valence-electron chi connectivity index (χ1n) is 6.06. The molecule has 2 rings (SSSR count). The second kappa shape index (κ2) is 6.49. The van der Waals surface area contributed by atoms with E-state index >= 15 is 0 Å². The third-order valence-corrected chi connectivity index (χ3v) is 3.22. The summed E-state index contributed by atoms with van der Waals surface area (Å²) in [4.78, 5) is 26.1. The molecule has 0 fully saturated rings. The molecular formula is C13H12BrN3O4. The van der Waals surface area contributed by atoms with Crippen LogP contribution in [0.25, 0.3) is 0 Å². The zero-order chi connectivity index (χ0) is 15.4. The molecular weight excluding hydrogens is 342 g/mol. The first-order valence-corrected chi connectivity index (χ1v) is 6.85. The summed E-state index contributed by atoms with van der Waals surface area (Å²) in [5.41, 5.74) is -0.0538. The average Bonchev–Trinajstić information content (AvgIpc) is 2.92. The van der Waals surface area contributed by atoms with E-state index in [0.717, 1.165) is 0 Å². The Bertz CT molecular complexity index is 635. The van der Waals surface area contributed by atoms with Gasteiger partial charge in [-0.15, -0.1) is 0 Å². The molecule has 0 spiro atoms. The molecule has 0 atom stereocenters. The molecule has 1 aromatic carbocycles. The summed E-state index contributed by atoms with van der Waals surface area (Å²) < 4.78 is 7.72. The molecule has 0 aliphatic carbocycles. The number of halogens is 1. The summed E-state index contributed by atoms with van der Waals surface area (Å²) in [5, 5.41) is 11.1. The van der Waals surface area contributed by atoms with Crippen LogP contribution in [-0.2, 0) is 6.54 Å². The number of aromatic nitrogens is 2. The van der Waals surface area contributed by atoms with Crippen molar-refractivity contribution in [3.8, 4) is 5.75 Å². The molecule has 0 aliphatic rings. The molecule has 0 N–H and O–H groups in total. The maximum atomic E-state index is 11.6. The van der Waals surface area contributed by atoms with Gasteiger partial charge < -0.3 is 9.30 Å². The van der Waals surface area contributed by atoms with Crippen molar-refractivity contribution < 1.29 is 14.5 Å². The van der Waals surface area contributed by atoms with E-state index in [4.69, 9.17) is 4.74 Å². The van der Waals surface area contributed by atoms with Crippen LogP contribution in [-0.4, -0.2) is 26.9 Å². The lowest BCUT2D eigenvalue weighted by atomic mass is 10.1. The Balaban J connectivity index is 2.26. The Hall–Kier alpha value is -2.22. The summed E-state index contributed by atoms with van der Waals surface area (Å²) in [6.07, 6.45) is 5.00. The number of ether oxygens (including phenoxy) is 1. The maximum Gasteiger partial charge on any atom is 0.312 e. The Morgan fingerprint density at radius 2 is 2.29 bits per heavy atom. The minimum absolute atomic E-state index is 0.00387. The van der Waals surface area contributed by atoms with Gasteiger partial charge in [-0.3, -0.25) is 14.9 Å². The number of hydrogen-bond donors (Lipinski definition) is 0. The van der Waals surface area contributed by atoms with Crippen LogP contribution < -0.4 is 4.74 Å². The van der Waals surface area contributed by atoms with E-state index in [-0.39, 0.29) is 29.4 Å². The van der Waals surface area contributed by atoms with E-state index in [1.807, 2.05) is 0 Å². The van der Waals surface area contributed by atoms with Crippen LogP contribution in [0.2, 0.25) is 0 Å². The lowest BCUT2D eigenvalue weighted by molar-refractivity contribution is -0.386. The highest BCUT2D eigenvalue weighted by Crippen LogP contribution is 2.35. The number of benzene rings is 1.